The van der Waals surface area contributed by atoms with E-state index in [2.05, 4.69) is 70.7 Å². The number of carbonyl (C=O) groups is 1. The van der Waals surface area contributed by atoms with E-state index in [9.17, 15) is 21.6 Å². The Balaban J connectivity index is 0.000000148. The molecule has 10 rings (SSSR count). The van der Waals surface area contributed by atoms with Crippen molar-refractivity contribution < 1.29 is 21.6 Å². The van der Waals surface area contributed by atoms with E-state index in [4.69, 9.17) is 0 Å². The number of anilines is 2. The first-order valence-electron chi connectivity index (χ1n) is 19.2. The van der Waals surface area contributed by atoms with Crippen molar-refractivity contribution in [2.75, 3.05) is 48.1 Å². The highest BCUT2D eigenvalue weighted by Gasteiger charge is 2.67. The Bertz CT molecular complexity index is 2670. The molecule has 0 bridgehead atoms. The van der Waals surface area contributed by atoms with Crippen LogP contribution in [0.15, 0.2) is 109 Å². The Labute approximate surface area is 342 Å². The highest BCUT2D eigenvalue weighted by molar-refractivity contribution is 7.92. The molecule has 2 N–H and O–H groups in total. The smallest absolute Gasteiger partial charge is 0.263 e. The SMILES string of the molecule is CC1(c2cccc(NS(C)(=O)=O)c2)C2CN(C(=O)c3cc4ccccc4s3)CC21.CC1(c2cccc(NS(C)(=O)=O)c2)C2CN(Cc3cc4ccccc4s3)CC21. The molecule has 57 heavy (non-hydrogen) atoms. The summed E-state index contributed by atoms with van der Waals surface area (Å²) >= 11 is 3.45. The Kier molecular flexibility index (Phi) is 9.36. The van der Waals surface area contributed by atoms with Crippen LogP contribution in [0.4, 0.5) is 11.4 Å². The van der Waals surface area contributed by atoms with Crippen molar-refractivity contribution >= 4 is 80.2 Å². The van der Waals surface area contributed by atoms with E-state index in [1.54, 1.807) is 17.4 Å². The van der Waals surface area contributed by atoms with Gasteiger partial charge in [0.2, 0.25) is 20.0 Å². The molecular formula is C44H46N4O5S4. The van der Waals surface area contributed by atoms with Crippen LogP contribution in [-0.4, -0.2) is 71.2 Å². The second kappa shape index (κ2) is 13.9. The molecule has 2 aromatic heterocycles. The fraction of sp³-hybridized carbons (Fsp3) is 0.341. The van der Waals surface area contributed by atoms with Crippen LogP contribution >= 0.6 is 22.7 Å². The number of rotatable bonds is 9. The van der Waals surface area contributed by atoms with Crippen LogP contribution in [0.2, 0.25) is 0 Å². The number of sulfonamides is 2. The average Bonchev–Trinajstić information content (AvgIpc) is 3.65. The van der Waals surface area contributed by atoms with Gasteiger partial charge in [-0.25, -0.2) is 16.8 Å². The first-order valence-corrected chi connectivity index (χ1v) is 24.6. The number of piperidine rings is 2. The number of nitrogens with one attached hydrogen (secondary N) is 2. The lowest BCUT2D eigenvalue weighted by Crippen LogP contribution is -2.34. The van der Waals surface area contributed by atoms with E-state index in [-0.39, 0.29) is 16.7 Å². The molecule has 4 aliphatic rings. The Morgan fingerprint density at radius 2 is 1.11 bits per heavy atom. The van der Waals surface area contributed by atoms with Crippen LogP contribution in [0.1, 0.15) is 39.5 Å². The summed E-state index contributed by atoms with van der Waals surface area (Å²) in [5.74, 6) is 2.24. The van der Waals surface area contributed by atoms with Crippen LogP contribution in [0.5, 0.6) is 0 Å². The first-order chi connectivity index (χ1) is 27.1. The number of nitrogens with zero attached hydrogens (tertiary/aromatic N) is 2. The third-order valence-electron chi connectivity index (χ3n) is 12.9. The topological polar surface area (TPSA) is 116 Å². The number of likely N-dealkylation sites (tertiary alicyclic amines) is 2. The molecule has 296 valence electrons. The molecule has 2 saturated heterocycles. The van der Waals surface area contributed by atoms with Gasteiger partial charge in [-0.2, -0.15) is 0 Å². The zero-order valence-corrected chi connectivity index (χ0v) is 35.6. The van der Waals surface area contributed by atoms with Crippen molar-refractivity contribution in [2.24, 2.45) is 23.7 Å². The van der Waals surface area contributed by atoms with E-state index < -0.39 is 20.0 Å². The zero-order valence-electron chi connectivity index (χ0n) is 32.3. The molecule has 9 nitrogen and oxygen atoms in total. The summed E-state index contributed by atoms with van der Waals surface area (Å²) in [5.41, 5.74) is 3.79. The summed E-state index contributed by atoms with van der Waals surface area (Å²) in [6, 6.07) is 36.5. The second-order valence-electron chi connectivity index (χ2n) is 16.7. The average molecular weight is 839 g/mol. The van der Waals surface area contributed by atoms with E-state index >= 15 is 0 Å². The normalized spacial score (nSPS) is 26.4. The van der Waals surface area contributed by atoms with E-state index in [0.717, 1.165) is 59.5 Å². The van der Waals surface area contributed by atoms with Gasteiger partial charge in [-0.1, -0.05) is 74.5 Å². The van der Waals surface area contributed by atoms with Gasteiger partial charge in [0.25, 0.3) is 5.91 Å². The van der Waals surface area contributed by atoms with Gasteiger partial charge in [0, 0.05) is 69.2 Å². The number of amides is 1. The van der Waals surface area contributed by atoms with Gasteiger partial charge in [0.1, 0.15) is 0 Å². The van der Waals surface area contributed by atoms with Crippen LogP contribution < -0.4 is 9.44 Å². The Hall–Kier alpha value is -4.27. The number of hydrogen-bond acceptors (Lipinski definition) is 8. The monoisotopic (exact) mass is 838 g/mol. The first kappa shape index (κ1) is 38.3. The Morgan fingerprint density at radius 3 is 1.60 bits per heavy atom. The van der Waals surface area contributed by atoms with E-state index in [1.807, 2.05) is 76.9 Å². The largest absolute Gasteiger partial charge is 0.337 e. The summed E-state index contributed by atoms with van der Waals surface area (Å²) in [7, 11) is -6.55. The van der Waals surface area contributed by atoms with Crippen molar-refractivity contribution in [3.05, 3.63) is 130 Å². The molecule has 13 heteroatoms. The maximum Gasteiger partial charge on any atom is 0.263 e. The fourth-order valence-electron chi connectivity index (χ4n) is 9.84. The maximum absolute atomic E-state index is 13.0. The summed E-state index contributed by atoms with van der Waals surface area (Å²) in [4.78, 5) is 19.8. The molecular weight excluding hydrogens is 793 g/mol. The van der Waals surface area contributed by atoms with E-state index in [1.165, 1.54) is 26.8 Å². The summed E-state index contributed by atoms with van der Waals surface area (Å²) in [5, 5.41) is 2.46. The molecule has 4 aromatic carbocycles. The van der Waals surface area contributed by atoms with Crippen molar-refractivity contribution in [1.29, 1.82) is 0 Å². The molecule has 0 radical (unpaired) electrons. The summed E-state index contributed by atoms with van der Waals surface area (Å²) < 4.78 is 53.8. The predicted octanol–water partition coefficient (Wildman–Crippen LogP) is 8.22. The quantitative estimate of drug-likeness (QED) is 0.152. The third-order valence-corrected chi connectivity index (χ3v) is 16.4. The minimum absolute atomic E-state index is 0.00780. The third kappa shape index (κ3) is 7.37. The van der Waals surface area contributed by atoms with Gasteiger partial charge >= 0.3 is 0 Å². The fourth-order valence-corrected chi connectivity index (χ4v) is 13.1. The van der Waals surface area contributed by atoms with Gasteiger partial charge in [0.05, 0.1) is 17.4 Å². The zero-order chi connectivity index (χ0) is 39.9. The highest BCUT2D eigenvalue weighted by Crippen LogP contribution is 2.64. The van der Waals surface area contributed by atoms with E-state index in [0.29, 0.717) is 35.0 Å². The number of thiophene rings is 2. The minimum Gasteiger partial charge on any atom is -0.337 e. The maximum atomic E-state index is 13.0. The second-order valence-corrected chi connectivity index (χ2v) is 22.5. The highest BCUT2D eigenvalue weighted by atomic mass is 32.2. The summed E-state index contributed by atoms with van der Waals surface area (Å²) in [6.07, 6.45) is 2.35. The lowest BCUT2D eigenvalue weighted by molar-refractivity contribution is 0.0770. The van der Waals surface area contributed by atoms with Crippen molar-refractivity contribution in [3.8, 4) is 0 Å². The molecule has 2 aliphatic carbocycles. The number of carbonyl (C=O) groups excluding carboxylic acids is 1. The molecule has 2 aliphatic heterocycles. The van der Waals surface area contributed by atoms with Gasteiger partial charge in [-0.15, -0.1) is 22.7 Å². The molecule has 4 heterocycles. The van der Waals surface area contributed by atoms with Gasteiger partial charge < -0.3 is 4.90 Å². The molecule has 4 fully saturated rings. The lowest BCUT2D eigenvalue weighted by Gasteiger charge is -2.24. The number of hydrogen-bond donors (Lipinski definition) is 2. The van der Waals surface area contributed by atoms with Crippen LogP contribution in [-0.2, 0) is 37.4 Å². The van der Waals surface area contributed by atoms with Crippen LogP contribution in [0.25, 0.3) is 20.2 Å². The Morgan fingerprint density at radius 1 is 0.632 bits per heavy atom. The standard InChI is InChI=1S/C22H22N2O3S2.C22H24N2O2S2/c1-22(15-7-5-8-16(11-15)23-29(2,26)27)17-12-24(13-18(17)22)21(25)20-10-14-6-3-4-9-19(14)28-20;1-22(16-7-5-8-17(11-16)23-28(2,25)26)19-13-24(14-20(19)22)12-18-10-15-6-3-4-9-21(15)27-18/h3-11,17-18,23H,12-13H2,1-2H3;3-11,19-20,23H,12-14H2,1-2H3. The summed E-state index contributed by atoms with van der Waals surface area (Å²) in [6.45, 7) is 9.30. The molecule has 1 amide bonds. The van der Waals surface area contributed by atoms with Crippen molar-refractivity contribution in [1.82, 2.24) is 9.80 Å². The predicted molar refractivity (Wildman–Crippen MR) is 233 cm³/mol. The molecule has 2 saturated carbocycles. The molecule has 4 unspecified atom stereocenters. The van der Waals surface area contributed by atoms with Crippen molar-refractivity contribution in [3.63, 3.8) is 0 Å². The number of benzene rings is 4. The minimum atomic E-state index is -3.30. The van der Waals surface area contributed by atoms with Gasteiger partial charge in [-0.3, -0.25) is 19.1 Å². The molecule has 6 aromatic rings. The number of fused-ring (bicyclic) bond motifs is 4. The van der Waals surface area contributed by atoms with Gasteiger partial charge in [0.15, 0.2) is 0 Å². The van der Waals surface area contributed by atoms with Crippen LogP contribution in [0, 0.1) is 23.7 Å². The van der Waals surface area contributed by atoms with Crippen LogP contribution in [0.3, 0.4) is 0 Å². The molecule has 0 spiro atoms. The lowest BCUT2D eigenvalue weighted by atomic mass is 9.92. The molecule has 4 atom stereocenters. The van der Waals surface area contributed by atoms with Gasteiger partial charge in [-0.05, 0) is 94.1 Å². The van der Waals surface area contributed by atoms with Crippen molar-refractivity contribution in [2.45, 2.75) is 31.2 Å².